The molecule has 7 nitrogen and oxygen atoms in total. The van der Waals surface area contributed by atoms with Gasteiger partial charge in [0.2, 0.25) is 15.9 Å². The summed E-state index contributed by atoms with van der Waals surface area (Å²) in [6.07, 6.45) is 2.76. The molecule has 0 unspecified atom stereocenters. The highest BCUT2D eigenvalue weighted by Crippen LogP contribution is 2.28. The van der Waals surface area contributed by atoms with Crippen molar-refractivity contribution in [1.29, 1.82) is 0 Å². The van der Waals surface area contributed by atoms with E-state index >= 15 is 0 Å². The van der Waals surface area contributed by atoms with Crippen LogP contribution in [0.5, 0.6) is 0 Å². The molecule has 27 heavy (non-hydrogen) atoms. The zero-order valence-electron chi connectivity index (χ0n) is 15.9. The summed E-state index contributed by atoms with van der Waals surface area (Å²) in [5.41, 5.74) is 0. The smallest absolute Gasteiger partial charge is 0.265 e. The van der Waals surface area contributed by atoms with E-state index in [1.165, 1.54) is 15.6 Å². The third-order valence-electron chi connectivity index (χ3n) is 5.13. The molecule has 0 spiro atoms. The number of nitrogens with zero attached hydrogens (tertiary/aromatic N) is 3. The third kappa shape index (κ3) is 4.20. The molecule has 0 bridgehead atoms. The van der Waals surface area contributed by atoms with Crippen LogP contribution in [-0.2, 0) is 14.8 Å². The van der Waals surface area contributed by atoms with Gasteiger partial charge in [0.25, 0.3) is 5.91 Å². The summed E-state index contributed by atoms with van der Waals surface area (Å²) in [7, 11) is -3.64. The first-order valence-corrected chi connectivity index (χ1v) is 11.8. The molecule has 0 radical (unpaired) electrons. The Bertz CT molecular complexity index is 789. The van der Waals surface area contributed by atoms with Crippen molar-refractivity contribution in [2.45, 2.75) is 38.0 Å². The minimum absolute atomic E-state index is 0.0640. The van der Waals surface area contributed by atoms with Crippen LogP contribution in [-0.4, -0.2) is 73.6 Å². The first-order valence-electron chi connectivity index (χ1n) is 9.48. The second kappa shape index (κ2) is 8.28. The summed E-state index contributed by atoms with van der Waals surface area (Å²) in [4.78, 5) is 28.9. The Labute approximate surface area is 165 Å². The van der Waals surface area contributed by atoms with Crippen LogP contribution in [0.25, 0.3) is 0 Å². The molecular formula is C18H27N3O4S2. The van der Waals surface area contributed by atoms with E-state index in [-0.39, 0.29) is 27.5 Å². The Hall–Kier alpha value is -1.45. The van der Waals surface area contributed by atoms with Gasteiger partial charge in [0, 0.05) is 45.2 Å². The van der Waals surface area contributed by atoms with E-state index in [0.29, 0.717) is 39.3 Å². The summed E-state index contributed by atoms with van der Waals surface area (Å²) in [6, 6.07) is 1.54. The van der Waals surface area contributed by atoms with Crippen LogP contribution in [0.2, 0.25) is 0 Å². The molecule has 0 aliphatic carbocycles. The van der Waals surface area contributed by atoms with Crippen molar-refractivity contribution in [3.63, 3.8) is 0 Å². The molecule has 2 aliphatic rings. The molecule has 0 N–H and O–H groups in total. The number of hydrogen-bond acceptors (Lipinski definition) is 5. The minimum Gasteiger partial charge on any atom is -0.339 e. The number of hydrogen-bond donors (Lipinski definition) is 0. The van der Waals surface area contributed by atoms with E-state index in [0.717, 1.165) is 19.3 Å². The zero-order chi connectivity index (χ0) is 19.6. The van der Waals surface area contributed by atoms with Gasteiger partial charge in [-0.1, -0.05) is 20.3 Å². The monoisotopic (exact) mass is 413 g/mol. The van der Waals surface area contributed by atoms with Gasteiger partial charge in [-0.25, -0.2) is 8.42 Å². The summed E-state index contributed by atoms with van der Waals surface area (Å²) in [5, 5.41) is 1.67. The van der Waals surface area contributed by atoms with Crippen molar-refractivity contribution in [2.24, 2.45) is 5.92 Å². The Kier molecular flexibility index (Phi) is 6.22. The first kappa shape index (κ1) is 20.3. The van der Waals surface area contributed by atoms with E-state index < -0.39 is 10.0 Å². The average Bonchev–Trinajstić information content (AvgIpc) is 3.18. The number of rotatable bonds is 4. The van der Waals surface area contributed by atoms with Crippen molar-refractivity contribution >= 4 is 33.2 Å². The lowest BCUT2D eigenvalue weighted by Gasteiger charge is -2.35. The van der Waals surface area contributed by atoms with Crippen molar-refractivity contribution in [3.8, 4) is 0 Å². The molecule has 3 rings (SSSR count). The van der Waals surface area contributed by atoms with Crippen LogP contribution < -0.4 is 0 Å². The van der Waals surface area contributed by atoms with E-state index in [1.54, 1.807) is 21.2 Å². The summed E-state index contributed by atoms with van der Waals surface area (Å²) in [6.45, 7) is 6.59. The van der Waals surface area contributed by atoms with Crippen LogP contribution in [0, 0.1) is 5.92 Å². The third-order valence-corrected chi connectivity index (χ3v) is 8.10. The second-order valence-corrected chi connectivity index (χ2v) is 10.2. The number of piperazine rings is 1. The van der Waals surface area contributed by atoms with E-state index in [9.17, 15) is 18.0 Å². The molecule has 2 fully saturated rings. The van der Waals surface area contributed by atoms with Gasteiger partial charge in [-0.2, -0.15) is 4.31 Å². The standard InChI is InChI=1S/C18H27N3O4S2/c1-14(2)17(22)19-9-11-20(12-10-19)18(23)16-15(6-13-26-16)27(24,25)21-7-4-3-5-8-21/h6,13-14H,3-5,7-12H2,1-2H3. The number of sulfonamides is 1. The van der Waals surface area contributed by atoms with Crippen LogP contribution in [0.1, 0.15) is 42.8 Å². The number of carbonyl (C=O) groups excluding carboxylic acids is 2. The fraction of sp³-hybridized carbons (Fsp3) is 0.667. The van der Waals surface area contributed by atoms with Crippen molar-refractivity contribution in [2.75, 3.05) is 39.3 Å². The SMILES string of the molecule is CC(C)C(=O)N1CCN(C(=O)c2sccc2S(=O)(=O)N2CCCCC2)CC1. The highest BCUT2D eigenvalue weighted by atomic mass is 32.2. The topological polar surface area (TPSA) is 78.0 Å². The Morgan fingerprint density at radius 2 is 1.56 bits per heavy atom. The van der Waals surface area contributed by atoms with E-state index in [4.69, 9.17) is 0 Å². The lowest BCUT2D eigenvalue weighted by molar-refractivity contribution is -0.135. The van der Waals surface area contributed by atoms with Gasteiger partial charge >= 0.3 is 0 Å². The highest BCUT2D eigenvalue weighted by Gasteiger charge is 2.33. The minimum atomic E-state index is -3.64. The lowest BCUT2D eigenvalue weighted by atomic mass is 10.1. The Morgan fingerprint density at radius 1 is 0.963 bits per heavy atom. The maximum atomic E-state index is 13.0. The molecule has 0 atom stereocenters. The van der Waals surface area contributed by atoms with Gasteiger partial charge in [-0.15, -0.1) is 11.3 Å². The Morgan fingerprint density at radius 3 is 2.15 bits per heavy atom. The molecule has 2 amide bonds. The van der Waals surface area contributed by atoms with Gasteiger partial charge in [0.05, 0.1) is 0 Å². The fourth-order valence-corrected chi connectivity index (χ4v) is 6.42. The van der Waals surface area contributed by atoms with Gasteiger partial charge < -0.3 is 9.80 Å². The molecular weight excluding hydrogens is 386 g/mol. The summed E-state index contributed by atoms with van der Waals surface area (Å²) < 4.78 is 27.5. The molecule has 0 saturated carbocycles. The molecule has 3 heterocycles. The maximum absolute atomic E-state index is 13.0. The van der Waals surface area contributed by atoms with Crippen LogP contribution in [0.15, 0.2) is 16.3 Å². The van der Waals surface area contributed by atoms with Crippen molar-refractivity contribution in [3.05, 3.63) is 16.3 Å². The fourth-order valence-electron chi connectivity index (χ4n) is 3.54. The van der Waals surface area contributed by atoms with E-state index in [2.05, 4.69) is 0 Å². The number of carbonyl (C=O) groups is 2. The molecule has 150 valence electrons. The predicted octanol–water partition coefficient (Wildman–Crippen LogP) is 1.86. The summed E-state index contributed by atoms with van der Waals surface area (Å²) in [5.74, 6) is -0.227. The van der Waals surface area contributed by atoms with Gasteiger partial charge in [-0.05, 0) is 24.3 Å². The second-order valence-electron chi connectivity index (χ2n) is 7.35. The number of thiophene rings is 1. The Balaban J connectivity index is 1.72. The molecule has 1 aromatic heterocycles. The van der Waals surface area contributed by atoms with Gasteiger partial charge in [-0.3, -0.25) is 9.59 Å². The molecule has 2 aliphatic heterocycles. The van der Waals surface area contributed by atoms with Crippen molar-refractivity contribution < 1.29 is 18.0 Å². The van der Waals surface area contributed by atoms with Crippen LogP contribution in [0.3, 0.4) is 0 Å². The van der Waals surface area contributed by atoms with Crippen molar-refractivity contribution in [1.82, 2.24) is 14.1 Å². The zero-order valence-corrected chi connectivity index (χ0v) is 17.5. The normalized spacial score (nSPS) is 19.5. The lowest BCUT2D eigenvalue weighted by Crippen LogP contribution is -2.51. The largest absolute Gasteiger partial charge is 0.339 e. The molecule has 1 aromatic rings. The van der Waals surface area contributed by atoms with E-state index in [1.807, 2.05) is 13.8 Å². The average molecular weight is 414 g/mol. The highest BCUT2D eigenvalue weighted by molar-refractivity contribution is 7.89. The number of piperidine rings is 1. The molecule has 2 saturated heterocycles. The maximum Gasteiger partial charge on any atom is 0.265 e. The van der Waals surface area contributed by atoms with Crippen LogP contribution in [0.4, 0.5) is 0 Å². The summed E-state index contributed by atoms with van der Waals surface area (Å²) >= 11 is 1.18. The van der Waals surface area contributed by atoms with Gasteiger partial charge in [0.15, 0.2) is 0 Å². The first-order chi connectivity index (χ1) is 12.8. The molecule has 0 aromatic carbocycles. The predicted molar refractivity (Wildman–Crippen MR) is 104 cm³/mol. The van der Waals surface area contributed by atoms with Gasteiger partial charge in [0.1, 0.15) is 9.77 Å². The molecule has 9 heteroatoms. The number of amides is 2. The quantitative estimate of drug-likeness (QED) is 0.755. The van der Waals surface area contributed by atoms with Crippen LogP contribution >= 0.6 is 11.3 Å².